The van der Waals surface area contributed by atoms with Gasteiger partial charge < -0.3 is 24.1 Å². The lowest BCUT2D eigenvalue weighted by molar-refractivity contribution is -0.136. The molecule has 0 spiro atoms. The molecule has 0 bridgehead atoms. The Morgan fingerprint density at radius 1 is 1.12 bits per heavy atom. The van der Waals surface area contributed by atoms with Crippen LogP contribution in [-0.2, 0) is 20.8 Å². The van der Waals surface area contributed by atoms with Crippen LogP contribution in [0.2, 0.25) is 0 Å². The van der Waals surface area contributed by atoms with E-state index in [1.54, 1.807) is 18.2 Å². The number of hydrogen-bond donors (Lipinski definition) is 1. The number of carbonyl (C=O) groups is 2. The van der Waals surface area contributed by atoms with Gasteiger partial charge in [-0.2, -0.15) is 0 Å². The van der Waals surface area contributed by atoms with E-state index in [0.717, 1.165) is 23.2 Å². The van der Waals surface area contributed by atoms with Gasteiger partial charge in [-0.15, -0.1) is 0 Å². The van der Waals surface area contributed by atoms with E-state index in [1.165, 1.54) is 5.57 Å². The van der Waals surface area contributed by atoms with Crippen molar-refractivity contribution in [2.24, 2.45) is 0 Å². The van der Waals surface area contributed by atoms with Crippen LogP contribution >= 0.6 is 0 Å². The number of imidazole rings is 1. The molecule has 0 fully saturated rings. The van der Waals surface area contributed by atoms with Crippen LogP contribution in [0.25, 0.3) is 11.2 Å². The fraction of sp³-hybridized carbons (Fsp3) is 0.320. The molecule has 1 aromatic carbocycles. The molecule has 0 atom stereocenters. The van der Waals surface area contributed by atoms with Crippen molar-refractivity contribution < 1.29 is 19.1 Å². The van der Waals surface area contributed by atoms with Crippen molar-refractivity contribution in [3.63, 3.8) is 0 Å². The summed E-state index contributed by atoms with van der Waals surface area (Å²) in [5, 5.41) is 2.96. The molecular formula is C25H28N4O4. The number of fused-ring (bicyclic) bond motifs is 1. The number of amides is 2. The molecule has 172 valence electrons. The van der Waals surface area contributed by atoms with Crippen molar-refractivity contribution in [2.45, 2.75) is 13.0 Å². The highest BCUT2D eigenvalue weighted by atomic mass is 16.5. The van der Waals surface area contributed by atoms with Crippen LogP contribution in [0.1, 0.15) is 27.9 Å². The third-order valence-corrected chi connectivity index (χ3v) is 5.64. The second kappa shape index (κ2) is 10.9. The van der Waals surface area contributed by atoms with E-state index in [9.17, 15) is 9.59 Å². The fourth-order valence-electron chi connectivity index (χ4n) is 3.74. The van der Waals surface area contributed by atoms with Crippen LogP contribution in [0.5, 0.6) is 0 Å². The van der Waals surface area contributed by atoms with Crippen LogP contribution < -0.4 is 5.32 Å². The van der Waals surface area contributed by atoms with Crippen LogP contribution in [0.3, 0.4) is 0 Å². The SMILES string of the molecule is COCCOCC(=O)N1CC=C(c2ccc(C(=O)NCc3ccc4nccn4c3)cc2)CC1. The maximum Gasteiger partial charge on any atom is 0.251 e. The Balaban J connectivity index is 1.28. The van der Waals surface area contributed by atoms with E-state index in [-0.39, 0.29) is 18.4 Å². The molecule has 8 nitrogen and oxygen atoms in total. The number of carbonyl (C=O) groups excluding carboxylic acids is 2. The second-order valence-electron chi connectivity index (χ2n) is 7.85. The highest BCUT2D eigenvalue weighted by Crippen LogP contribution is 2.23. The standard InChI is InChI=1S/C25H28N4O4/c1-32-14-15-33-18-24(30)28-11-8-21(9-12-28)20-3-5-22(6-4-20)25(31)27-16-19-2-7-23-26-10-13-29(23)17-19/h2-8,10,13,17H,9,11-12,14-16,18H2,1H3,(H,27,31). The first-order chi connectivity index (χ1) is 16.1. The number of nitrogens with one attached hydrogen (secondary N) is 1. The lowest BCUT2D eigenvalue weighted by Gasteiger charge is -2.26. The molecule has 3 heterocycles. The molecule has 33 heavy (non-hydrogen) atoms. The molecule has 1 aliphatic heterocycles. The van der Waals surface area contributed by atoms with Crippen LogP contribution in [0, 0.1) is 0 Å². The Kier molecular flexibility index (Phi) is 7.49. The number of benzene rings is 1. The minimum atomic E-state index is -0.116. The van der Waals surface area contributed by atoms with E-state index in [2.05, 4.69) is 16.4 Å². The number of methoxy groups -OCH3 is 1. The molecule has 0 saturated carbocycles. The average Bonchev–Trinajstić information content (AvgIpc) is 3.33. The first-order valence-corrected chi connectivity index (χ1v) is 11.0. The van der Waals surface area contributed by atoms with Gasteiger partial charge in [-0.25, -0.2) is 4.98 Å². The first-order valence-electron chi connectivity index (χ1n) is 11.0. The summed E-state index contributed by atoms with van der Waals surface area (Å²) in [6.45, 7) is 2.63. The second-order valence-corrected chi connectivity index (χ2v) is 7.85. The van der Waals surface area contributed by atoms with Crippen molar-refractivity contribution in [3.8, 4) is 0 Å². The normalized spacial score (nSPS) is 13.7. The maximum atomic E-state index is 12.6. The zero-order valence-electron chi connectivity index (χ0n) is 18.7. The molecular weight excluding hydrogens is 420 g/mol. The summed E-state index contributed by atoms with van der Waals surface area (Å²) in [5.41, 5.74) is 4.74. The Labute approximate surface area is 192 Å². The number of ether oxygens (including phenoxy) is 2. The lowest BCUT2D eigenvalue weighted by Crippen LogP contribution is -2.37. The van der Waals surface area contributed by atoms with E-state index in [0.29, 0.717) is 38.4 Å². The van der Waals surface area contributed by atoms with E-state index in [1.807, 2.05) is 53.2 Å². The van der Waals surface area contributed by atoms with Gasteiger partial charge in [-0.05, 0) is 41.3 Å². The minimum Gasteiger partial charge on any atom is -0.382 e. The van der Waals surface area contributed by atoms with Gasteiger partial charge >= 0.3 is 0 Å². The lowest BCUT2D eigenvalue weighted by atomic mass is 9.98. The smallest absolute Gasteiger partial charge is 0.251 e. The quantitative estimate of drug-likeness (QED) is 0.509. The predicted octanol–water partition coefficient (Wildman–Crippen LogP) is 2.54. The van der Waals surface area contributed by atoms with Crippen molar-refractivity contribution in [2.75, 3.05) is 40.0 Å². The van der Waals surface area contributed by atoms with E-state index < -0.39 is 0 Å². The zero-order chi connectivity index (χ0) is 23.0. The number of hydrogen-bond acceptors (Lipinski definition) is 5. The Bertz CT molecular complexity index is 1140. The topological polar surface area (TPSA) is 85.2 Å². The number of aromatic nitrogens is 2. The third-order valence-electron chi connectivity index (χ3n) is 5.64. The van der Waals surface area contributed by atoms with Crippen LogP contribution in [0.15, 0.2) is 61.1 Å². The summed E-state index contributed by atoms with van der Waals surface area (Å²) in [5.74, 6) is -0.129. The van der Waals surface area contributed by atoms with Gasteiger partial charge in [0.25, 0.3) is 5.91 Å². The molecule has 0 radical (unpaired) electrons. The van der Waals surface area contributed by atoms with Crippen molar-refractivity contribution in [3.05, 3.63) is 77.8 Å². The first kappa shape index (κ1) is 22.7. The van der Waals surface area contributed by atoms with Gasteiger partial charge in [0, 0.05) is 50.9 Å². The predicted molar refractivity (Wildman–Crippen MR) is 125 cm³/mol. The summed E-state index contributed by atoms with van der Waals surface area (Å²) in [4.78, 5) is 30.8. The average molecular weight is 449 g/mol. The Morgan fingerprint density at radius 2 is 1.97 bits per heavy atom. The van der Waals surface area contributed by atoms with Gasteiger partial charge in [0.1, 0.15) is 12.3 Å². The van der Waals surface area contributed by atoms with Crippen molar-refractivity contribution in [1.82, 2.24) is 19.6 Å². The zero-order valence-corrected chi connectivity index (χ0v) is 18.7. The molecule has 0 aliphatic carbocycles. The highest BCUT2D eigenvalue weighted by Gasteiger charge is 2.18. The number of rotatable bonds is 9. The molecule has 8 heteroatoms. The van der Waals surface area contributed by atoms with Crippen LogP contribution in [0.4, 0.5) is 0 Å². The van der Waals surface area contributed by atoms with Crippen molar-refractivity contribution >= 4 is 23.0 Å². The molecule has 1 N–H and O–H groups in total. The summed E-state index contributed by atoms with van der Waals surface area (Å²) >= 11 is 0. The van der Waals surface area contributed by atoms with Gasteiger partial charge in [-0.1, -0.05) is 24.3 Å². The minimum absolute atomic E-state index is 0.0133. The summed E-state index contributed by atoms with van der Waals surface area (Å²) in [6.07, 6.45) is 8.42. The number of pyridine rings is 1. The molecule has 0 unspecified atom stereocenters. The fourth-order valence-corrected chi connectivity index (χ4v) is 3.74. The summed E-state index contributed by atoms with van der Waals surface area (Å²) in [6, 6.07) is 11.5. The monoisotopic (exact) mass is 448 g/mol. The van der Waals surface area contributed by atoms with Crippen molar-refractivity contribution in [1.29, 1.82) is 0 Å². The largest absolute Gasteiger partial charge is 0.382 e. The van der Waals surface area contributed by atoms with E-state index >= 15 is 0 Å². The molecule has 2 amide bonds. The molecule has 4 rings (SSSR count). The van der Waals surface area contributed by atoms with Crippen LogP contribution in [-0.4, -0.2) is 66.1 Å². The van der Waals surface area contributed by atoms with Gasteiger partial charge in [0.15, 0.2) is 0 Å². The molecule has 2 aromatic heterocycles. The Hall–Kier alpha value is -3.49. The van der Waals surface area contributed by atoms with Gasteiger partial charge in [0.2, 0.25) is 5.91 Å². The highest BCUT2D eigenvalue weighted by molar-refractivity contribution is 5.94. The van der Waals surface area contributed by atoms with Gasteiger partial charge in [0.05, 0.1) is 13.2 Å². The third kappa shape index (κ3) is 5.85. The maximum absolute atomic E-state index is 12.6. The van der Waals surface area contributed by atoms with Gasteiger partial charge in [-0.3, -0.25) is 9.59 Å². The summed E-state index contributed by atoms with van der Waals surface area (Å²) in [7, 11) is 1.60. The molecule has 3 aromatic rings. The summed E-state index contributed by atoms with van der Waals surface area (Å²) < 4.78 is 12.2. The molecule has 1 aliphatic rings. The molecule has 0 saturated heterocycles. The van der Waals surface area contributed by atoms with E-state index in [4.69, 9.17) is 9.47 Å². The number of nitrogens with zero attached hydrogens (tertiary/aromatic N) is 3. The Morgan fingerprint density at radius 3 is 2.73 bits per heavy atom.